The van der Waals surface area contributed by atoms with E-state index in [2.05, 4.69) is 24.1 Å². The van der Waals surface area contributed by atoms with Gasteiger partial charge in [0, 0.05) is 31.4 Å². The average molecular weight is 262 g/mol. The monoisotopic (exact) mass is 262 g/mol. The average Bonchev–Trinajstić information content (AvgIpc) is 2.20. The molecule has 0 radical (unpaired) electrons. The zero-order valence-electron chi connectivity index (χ0n) is 11.3. The van der Waals surface area contributed by atoms with Crippen LogP contribution >= 0.6 is 0 Å². The molecule has 1 rings (SSSR count). The molecule has 4 nitrogen and oxygen atoms in total. The van der Waals surface area contributed by atoms with Gasteiger partial charge in [-0.2, -0.15) is 0 Å². The maximum absolute atomic E-state index is 11.1. The van der Waals surface area contributed by atoms with Gasteiger partial charge in [-0.25, -0.2) is 8.42 Å². The van der Waals surface area contributed by atoms with Crippen molar-refractivity contribution in [2.45, 2.75) is 45.2 Å². The second-order valence-electron chi connectivity index (χ2n) is 5.23. The molecule has 0 aromatic rings. The van der Waals surface area contributed by atoms with E-state index in [4.69, 9.17) is 0 Å². The molecule has 0 aromatic carbocycles. The van der Waals surface area contributed by atoms with Crippen molar-refractivity contribution in [3.05, 3.63) is 0 Å². The Labute approximate surface area is 106 Å². The molecule has 1 heterocycles. The largest absolute Gasteiger partial charge is 0.311 e. The minimum Gasteiger partial charge on any atom is -0.311 e. The van der Waals surface area contributed by atoms with E-state index in [0.717, 1.165) is 26.1 Å². The first-order chi connectivity index (χ1) is 7.92. The van der Waals surface area contributed by atoms with Crippen molar-refractivity contribution < 1.29 is 8.42 Å². The molecule has 0 spiro atoms. The molecule has 1 aliphatic heterocycles. The Hall–Kier alpha value is -0.130. The van der Waals surface area contributed by atoms with Crippen LogP contribution in [-0.4, -0.2) is 57.0 Å². The van der Waals surface area contributed by atoms with E-state index < -0.39 is 9.84 Å². The van der Waals surface area contributed by atoms with Gasteiger partial charge in [-0.3, -0.25) is 4.90 Å². The van der Waals surface area contributed by atoms with E-state index >= 15 is 0 Å². The van der Waals surface area contributed by atoms with Gasteiger partial charge in [0.05, 0.1) is 5.75 Å². The van der Waals surface area contributed by atoms with Crippen molar-refractivity contribution in [3.8, 4) is 0 Å². The lowest BCUT2D eigenvalue weighted by Gasteiger charge is -2.39. The topological polar surface area (TPSA) is 49.4 Å². The summed E-state index contributed by atoms with van der Waals surface area (Å²) in [5.74, 6) is 0.310. The Bertz CT molecular complexity index is 316. The molecule has 0 saturated carbocycles. The molecule has 2 unspecified atom stereocenters. The van der Waals surface area contributed by atoms with Crippen LogP contribution in [0.4, 0.5) is 0 Å². The minimum absolute atomic E-state index is 0.310. The van der Waals surface area contributed by atoms with Gasteiger partial charge in [-0.15, -0.1) is 0 Å². The SMILES string of the molecule is CCCC1CNC(C)CN1CCCS(C)(=O)=O. The zero-order chi connectivity index (χ0) is 12.9. The molecular formula is C12H26N2O2S. The highest BCUT2D eigenvalue weighted by Gasteiger charge is 2.24. The fourth-order valence-electron chi connectivity index (χ4n) is 2.45. The maximum atomic E-state index is 11.1. The van der Waals surface area contributed by atoms with Crippen LogP contribution in [0.3, 0.4) is 0 Å². The van der Waals surface area contributed by atoms with E-state index in [1.807, 2.05) is 0 Å². The third kappa shape index (κ3) is 5.84. The van der Waals surface area contributed by atoms with Crippen LogP contribution in [0.5, 0.6) is 0 Å². The molecule has 0 aromatic heterocycles. The second kappa shape index (κ2) is 6.71. The summed E-state index contributed by atoms with van der Waals surface area (Å²) >= 11 is 0. The predicted octanol–water partition coefficient (Wildman–Crippen LogP) is 0.884. The number of hydrogen-bond donors (Lipinski definition) is 1. The van der Waals surface area contributed by atoms with Crippen LogP contribution in [-0.2, 0) is 9.84 Å². The van der Waals surface area contributed by atoms with Crippen LogP contribution in [0.1, 0.15) is 33.1 Å². The molecule has 1 saturated heterocycles. The Morgan fingerprint density at radius 1 is 1.41 bits per heavy atom. The van der Waals surface area contributed by atoms with Gasteiger partial charge >= 0.3 is 0 Å². The number of sulfone groups is 1. The number of rotatable bonds is 6. The summed E-state index contributed by atoms with van der Waals surface area (Å²) in [6, 6.07) is 1.09. The van der Waals surface area contributed by atoms with Gasteiger partial charge in [-0.05, 0) is 26.3 Å². The van der Waals surface area contributed by atoms with Gasteiger partial charge in [0.1, 0.15) is 9.84 Å². The Morgan fingerprint density at radius 2 is 2.12 bits per heavy atom. The molecule has 0 bridgehead atoms. The number of hydrogen-bond acceptors (Lipinski definition) is 4. The number of piperazine rings is 1. The van der Waals surface area contributed by atoms with E-state index in [9.17, 15) is 8.42 Å². The molecular weight excluding hydrogens is 236 g/mol. The van der Waals surface area contributed by atoms with Crippen molar-refractivity contribution >= 4 is 9.84 Å². The third-order valence-electron chi connectivity index (χ3n) is 3.31. The molecule has 5 heteroatoms. The summed E-state index contributed by atoms with van der Waals surface area (Å²) < 4.78 is 22.2. The summed E-state index contributed by atoms with van der Waals surface area (Å²) in [5.41, 5.74) is 0. The predicted molar refractivity (Wildman–Crippen MR) is 72.1 cm³/mol. The van der Waals surface area contributed by atoms with Crippen LogP contribution in [0.25, 0.3) is 0 Å². The molecule has 0 amide bonds. The van der Waals surface area contributed by atoms with Gasteiger partial charge in [0.25, 0.3) is 0 Å². The lowest BCUT2D eigenvalue weighted by Crippen LogP contribution is -2.55. The van der Waals surface area contributed by atoms with Crippen molar-refractivity contribution in [1.82, 2.24) is 10.2 Å². The summed E-state index contributed by atoms with van der Waals surface area (Å²) in [6.45, 7) is 7.37. The standard InChI is InChI=1S/C12H26N2O2S/c1-4-6-12-9-13-11(2)10-14(12)7-5-8-17(3,15)16/h11-13H,4-10H2,1-3H3. The van der Waals surface area contributed by atoms with Gasteiger partial charge in [0.15, 0.2) is 0 Å². The Kier molecular flexibility index (Phi) is 5.89. The van der Waals surface area contributed by atoms with Crippen LogP contribution < -0.4 is 5.32 Å². The number of nitrogens with zero attached hydrogens (tertiary/aromatic N) is 1. The Balaban J connectivity index is 2.40. The highest BCUT2D eigenvalue weighted by atomic mass is 32.2. The van der Waals surface area contributed by atoms with Crippen LogP contribution in [0.15, 0.2) is 0 Å². The summed E-state index contributed by atoms with van der Waals surface area (Å²) in [7, 11) is -2.81. The van der Waals surface area contributed by atoms with Crippen molar-refractivity contribution in [3.63, 3.8) is 0 Å². The van der Waals surface area contributed by atoms with E-state index in [-0.39, 0.29) is 0 Å². The van der Waals surface area contributed by atoms with E-state index in [0.29, 0.717) is 17.8 Å². The summed E-state index contributed by atoms with van der Waals surface area (Å²) in [4.78, 5) is 2.45. The minimum atomic E-state index is -2.81. The van der Waals surface area contributed by atoms with Gasteiger partial charge < -0.3 is 5.32 Å². The van der Waals surface area contributed by atoms with Gasteiger partial charge in [0.2, 0.25) is 0 Å². The molecule has 2 atom stereocenters. The molecule has 1 aliphatic rings. The lowest BCUT2D eigenvalue weighted by molar-refractivity contribution is 0.128. The molecule has 17 heavy (non-hydrogen) atoms. The molecule has 102 valence electrons. The van der Waals surface area contributed by atoms with Crippen molar-refractivity contribution in [2.75, 3.05) is 31.6 Å². The van der Waals surface area contributed by atoms with Gasteiger partial charge in [-0.1, -0.05) is 13.3 Å². The van der Waals surface area contributed by atoms with Crippen molar-refractivity contribution in [2.24, 2.45) is 0 Å². The fourth-order valence-corrected chi connectivity index (χ4v) is 3.11. The Morgan fingerprint density at radius 3 is 2.71 bits per heavy atom. The highest BCUT2D eigenvalue weighted by Crippen LogP contribution is 2.12. The molecule has 1 fully saturated rings. The first kappa shape index (κ1) is 14.9. The number of nitrogens with one attached hydrogen (secondary N) is 1. The maximum Gasteiger partial charge on any atom is 0.147 e. The van der Waals surface area contributed by atoms with Crippen molar-refractivity contribution in [1.29, 1.82) is 0 Å². The smallest absolute Gasteiger partial charge is 0.147 e. The van der Waals surface area contributed by atoms with E-state index in [1.165, 1.54) is 19.1 Å². The lowest BCUT2D eigenvalue weighted by atomic mass is 10.1. The normalized spacial score (nSPS) is 27.2. The van der Waals surface area contributed by atoms with Crippen LogP contribution in [0.2, 0.25) is 0 Å². The first-order valence-electron chi connectivity index (χ1n) is 6.57. The van der Waals surface area contributed by atoms with Crippen LogP contribution in [0, 0.1) is 0 Å². The summed E-state index contributed by atoms with van der Waals surface area (Å²) in [5, 5.41) is 3.49. The molecule has 1 N–H and O–H groups in total. The fraction of sp³-hybridized carbons (Fsp3) is 1.00. The second-order valence-corrected chi connectivity index (χ2v) is 7.49. The van der Waals surface area contributed by atoms with E-state index in [1.54, 1.807) is 0 Å². The first-order valence-corrected chi connectivity index (χ1v) is 8.63. The highest BCUT2D eigenvalue weighted by molar-refractivity contribution is 7.90. The molecule has 0 aliphatic carbocycles. The third-order valence-corrected chi connectivity index (χ3v) is 4.34. The quantitative estimate of drug-likeness (QED) is 0.772. The zero-order valence-corrected chi connectivity index (χ0v) is 12.1. The summed E-state index contributed by atoms with van der Waals surface area (Å²) in [6.07, 6.45) is 4.45.